The van der Waals surface area contributed by atoms with Crippen LogP contribution in [0.2, 0.25) is 0 Å². The lowest BCUT2D eigenvalue weighted by Gasteiger charge is -2.35. The van der Waals surface area contributed by atoms with Crippen molar-refractivity contribution in [2.24, 2.45) is 0 Å². The molecule has 1 aromatic rings. The second kappa shape index (κ2) is 5.42. The molecule has 2 atom stereocenters. The van der Waals surface area contributed by atoms with E-state index >= 15 is 0 Å². The summed E-state index contributed by atoms with van der Waals surface area (Å²) >= 11 is 0. The van der Waals surface area contributed by atoms with E-state index in [4.69, 9.17) is 4.74 Å². The summed E-state index contributed by atoms with van der Waals surface area (Å²) in [6.07, 6.45) is 5.00. The maximum absolute atomic E-state index is 11.7. The molecule has 3 aliphatic rings. The molecule has 6 nitrogen and oxygen atoms in total. The van der Waals surface area contributed by atoms with Crippen LogP contribution in [0.25, 0.3) is 0 Å². The van der Waals surface area contributed by atoms with Crippen LogP contribution in [-0.2, 0) is 4.74 Å². The van der Waals surface area contributed by atoms with Crippen molar-refractivity contribution < 1.29 is 4.74 Å². The highest BCUT2D eigenvalue weighted by atomic mass is 16.5. The number of H-pyrrole nitrogens is 1. The summed E-state index contributed by atoms with van der Waals surface area (Å²) in [7, 11) is 0. The largest absolute Gasteiger partial charge is 0.373 e. The molecule has 2 N–H and O–H groups in total. The van der Waals surface area contributed by atoms with Gasteiger partial charge in [-0.3, -0.25) is 9.69 Å². The molecule has 2 saturated heterocycles. The SMILES string of the molecule is O=c1cc(NCC2CN3CCCC3CO2)nc(C2CC2)[nH]1. The zero-order chi connectivity index (χ0) is 14.2. The summed E-state index contributed by atoms with van der Waals surface area (Å²) in [5.41, 5.74) is -0.0708. The van der Waals surface area contributed by atoms with Crippen molar-refractivity contribution in [3.63, 3.8) is 0 Å². The predicted octanol–water partition coefficient (Wildman–Crippen LogP) is 0.922. The Labute approximate surface area is 123 Å². The molecule has 0 aromatic carbocycles. The van der Waals surface area contributed by atoms with Crippen molar-refractivity contribution in [2.75, 3.05) is 31.6 Å². The highest BCUT2D eigenvalue weighted by molar-refractivity contribution is 5.34. The van der Waals surface area contributed by atoms with E-state index in [9.17, 15) is 4.79 Å². The minimum atomic E-state index is -0.0708. The summed E-state index contributed by atoms with van der Waals surface area (Å²) in [5.74, 6) is 1.96. The van der Waals surface area contributed by atoms with Gasteiger partial charge in [0.15, 0.2) is 0 Å². The topological polar surface area (TPSA) is 70.2 Å². The molecule has 0 bridgehead atoms. The van der Waals surface area contributed by atoms with Gasteiger partial charge in [-0.1, -0.05) is 0 Å². The van der Waals surface area contributed by atoms with Gasteiger partial charge in [0.05, 0.1) is 12.7 Å². The predicted molar refractivity (Wildman–Crippen MR) is 79.7 cm³/mol. The van der Waals surface area contributed by atoms with E-state index in [1.165, 1.54) is 25.5 Å². The van der Waals surface area contributed by atoms with Crippen LogP contribution in [0.1, 0.15) is 37.4 Å². The maximum Gasteiger partial charge on any atom is 0.252 e. The fourth-order valence-corrected chi connectivity index (χ4v) is 3.34. The molecule has 3 fully saturated rings. The Morgan fingerprint density at radius 2 is 2.33 bits per heavy atom. The van der Waals surface area contributed by atoms with E-state index in [2.05, 4.69) is 20.2 Å². The van der Waals surface area contributed by atoms with Gasteiger partial charge in [-0.05, 0) is 32.2 Å². The lowest BCUT2D eigenvalue weighted by atomic mass is 10.2. The summed E-state index contributed by atoms with van der Waals surface area (Å²) in [6, 6.07) is 2.16. The Kier molecular flexibility index (Phi) is 3.43. The van der Waals surface area contributed by atoms with Crippen LogP contribution in [0.15, 0.2) is 10.9 Å². The number of aromatic amines is 1. The Morgan fingerprint density at radius 1 is 1.43 bits per heavy atom. The first-order valence-corrected chi connectivity index (χ1v) is 7.99. The first kappa shape index (κ1) is 13.3. The smallest absolute Gasteiger partial charge is 0.252 e. The lowest BCUT2D eigenvalue weighted by molar-refractivity contribution is -0.0416. The molecule has 0 spiro atoms. The van der Waals surface area contributed by atoms with Crippen LogP contribution in [-0.4, -0.2) is 53.3 Å². The number of nitrogens with one attached hydrogen (secondary N) is 2. The number of hydrogen-bond donors (Lipinski definition) is 2. The van der Waals surface area contributed by atoms with E-state index in [1.54, 1.807) is 0 Å². The van der Waals surface area contributed by atoms with Crippen LogP contribution in [0.4, 0.5) is 5.82 Å². The number of rotatable bonds is 4. The first-order valence-electron chi connectivity index (χ1n) is 7.99. The average Bonchev–Trinajstić information content (AvgIpc) is 3.23. The van der Waals surface area contributed by atoms with Gasteiger partial charge in [-0.2, -0.15) is 0 Å². The molecule has 2 aliphatic heterocycles. The second-order valence-electron chi connectivity index (χ2n) is 6.42. The number of ether oxygens (including phenoxy) is 1. The van der Waals surface area contributed by atoms with Gasteiger partial charge in [-0.25, -0.2) is 4.98 Å². The number of aromatic nitrogens is 2. The van der Waals surface area contributed by atoms with Gasteiger partial charge in [0.2, 0.25) is 0 Å². The average molecular weight is 290 g/mol. The number of fused-ring (bicyclic) bond motifs is 1. The fourth-order valence-electron chi connectivity index (χ4n) is 3.34. The molecule has 1 saturated carbocycles. The van der Waals surface area contributed by atoms with E-state index in [-0.39, 0.29) is 11.7 Å². The Morgan fingerprint density at radius 3 is 3.19 bits per heavy atom. The van der Waals surface area contributed by atoms with Crippen molar-refractivity contribution in [1.82, 2.24) is 14.9 Å². The van der Waals surface area contributed by atoms with Crippen LogP contribution in [0.5, 0.6) is 0 Å². The third kappa shape index (κ3) is 2.96. The Hall–Kier alpha value is -1.40. The highest BCUT2D eigenvalue weighted by Gasteiger charge is 2.32. The minimum Gasteiger partial charge on any atom is -0.373 e. The molecule has 0 radical (unpaired) electrons. The first-order chi connectivity index (χ1) is 10.3. The quantitative estimate of drug-likeness (QED) is 0.863. The van der Waals surface area contributed by atoms with Gasteiger partial charge in [0.25, 0.3) is 5.56 Å². The summed E-state index contributed by atoms with van der Waals surface area (Å²) in [6.45, 7) is 3.72. The molecule has 6 heteroatoms. The molecule has 1 aliphatic carbocycles. The van der Waals surface area contributed by atoms with Gasteiger partial charge in [0.1, 0.15) is 11.6 Å². The molecular weight excluding hydrogens is 268 g/mol. The zero-order valence-corrected chi connectivity index (χ0v) is 12.2. The number of hydrogen-bond acceptors (Lipinski definition) is 5. The van der Waals surface area contributed by atoms with Crippen LogP contribution < -0.4 is 10.9 Å². The molecule has 114 valence electrons. The summed E-state index contributed by atoms with van der Waals surface area (Å²) < 4.78 is 5.92. The van der Waals surface area contributed by atoms with Crippen LogP contribution in [0, 0.1) is 0 Å². The van der Waals surface area contributed by atoms with Gasteiger partial charge < -0.3 is 15.0 Å². The molecule has 1 aromatic heterocycles. The normalized spacial score (nSPS) is 29.3. The molecule has 3 heterocycles. The fraction of sp³-hybridized carbons (Fsp3) is 0.733. The van der Waals surface area contributed by atoms with E-state index < -0.39 is 0 Å². The maximum atomic E-state index is 11.7. The van der Waals surface area contributed by atoms with Crippen molar-refractivity contribution in [2.45, 2.75) is 43.7 Å². The zero-order valence-electron chi connectivity index (χ0n) is 12.2. The van der Waals surface area contributed by atoms with Gasteiger partial charge in [-0.15, -0.1) is 0 Å². The van der Waals surface area contributed by atoms with Gasteiger partial charge in [0, 0.05) is 31.1 Å². The van der Waals surface area contributed by atoms with Crippen molar-refractivity contribution >= 4 is 5.82 Å². The summed E-state index contributed by atoms with van der Waals surface area (Å²) in [4.78, 5) is 21.5. The highest BCUT2D eigenvalue weighted by Crippen LogP contribution is 2.37. The molecule has 4 rings (SSSR count). The number of nitrogens with zero attached hydrogens (tertiary/aromatic N) is 2. The Balaban J connectivity index is 1.37. The molecule has 21 heavy (non-hydrogen) atoms. The summed E-state index contributed by atoms with van der Waals surface area (Å²) in [5, 5.41) is 3.28. The lowest BCUT2D eigenvalue weighted by Crippen LogP contribution is -2.48. The van der Waals surface area contributed by atoms with Crippen LogP contribution >= 0.6 is 0 Å². The number of anilines is 1. The second-order valence-corrected chi connectivity index (χ2v) is 6.42. The monoisotopic (exact) mass is 290 g/mol. The van der Waals surface area contributed by atoms with E-state index in [1.807, 2.05) is 0 Å². The Bertz CT molecular complexity index is 569. The van der Waals surface area contributed by atoms with E-state index in [0.717, 1.165) is 31.8 Å². The molecule has 2 unspecified atom stereocenters. The van der Waals surface area contributed by atoms with Crippen LogP contribution in [0.3, 0.4) is 0 Å². The standard InChI is InChI=1S/C15H22N4O2/c20-14-6-13(17-15(18-14)10-3-4-10)16-7-12-8-19-5-1-2-11(19)9-21-12/h6,10-12H,1-5,7-9H2,(H2,16,17,18,20). The van der Waals surface area contributed by atoms with Crippen molar-refractivity contribution in [3.05, 3.63) is 22.2 Å². The van der Waals surface area contributed by atoms with Crippen molar-refractivity contribution in [3.8, 4) is 0 Å². The third-order valence-electron chi connectivity index (χ3n) is 4.70. The number of morpholine rings is 1. The minimum absolute atomic E-state index is 0.0708. The molecular formula is C15H22N4O2. The van der Waals surface area contributed by atoms with E-state index in [0.29, 0.717) is 24.3 Å². The van der Waals surface area contributed by atoms with Crippen molar-refractivity contribution in [1.29, 1.82) is 0 Å². The van der Waals surface area contributed by atoms with Gasteiger partial charge >= 0.3 is 0 Å². The third-order valence-corrected chi connectivity index (χ3v) is 4.70. The molecule has 0 amide bonds.